The Labute approximate surface area is 235 Å². The van der Waals surface area contributed by atoms with Crippen molar-refractivity contribution >= 4 is 17.7 Å². The number of fused-ring (bicyclic) bond motifs is 7. The molecule has 7 rings (SSSR count). The first-order valence-corrected chi connectivity index (χ1v) is 13.9. The van der Waals surface area contributed by atoms with Crippen molar-refractivity contribution < 1.29 is 14.4 Å². The van der Waals surface area contributed by atoms with Crippen molar-refractivity contribution in [2.75, 3.05) is 6.54 Å². The molecular weight excluding hydrogens is 522 g/mol. The molecule has 1 aromatic heterocycles. The van der Waals surface area contributed by atoms with Crippen LogP contribution in [0.1, 0.15) is 68.1 Å². The maximum Gasteiger partial charge on any atom is 0.248 e. The Morgan fingerprint density at radius 3 is 2.29 bits per heavy atom. The second-order valence-electron chi connectivity index (χ2n) is 11.6. The number of benzene rings is 2. The first-order chi connectivity index (χ1) is 19.8. The fourth-order valence-electron chi connectivity index (χ4n) is 7.37. The minimum atomic E-state index is -0.833. The van der Waals surface area contributed by atoms with Crippen molar-refractivity contribution in [3.05, 3.63) is 75.6 Å². The molecule has 2 aliphatic carbocycles. The third kappa shape index (κ3) is 3.91. The van der Waals surface area contributed by atoms with E-state index in [1.165, 1.54) is 0 Å². The van der Waals surface area contributed by atoms with Crippen molar-refractivity contribution in [1.29, 1.82) is 5.26 Å². The van der Waals surface area contributed by atoms with E-state index in [9.17, 15) is 19.6 Å². The van der Waals surface area contributed by atoms with E-state index in [1.807, 2.05) is 24.3 Å². The molecule has 41 heavy (non-hydrogen) atoms. The van der Waals surface area contributed by atoms with Crippen LogP contribution in [0, 0.1) is 17.2 Å². The number of nitrogens with one attached hydrogen (secondary N) is 1. The maximum absolute atomic E-state index is 13.3. The lowest BCUT2D eigenvalue weighted by Gasteiger charge is -2.42. The van der Waals surface area contributed by atoms with Gasteiger partial charge in [-0.1, -0.05) is 12.1 Å². The number of hydrogen-bond donors (Lipinski definition) is 3. The fraction of sp³-hybridized carbons (Fsp3) is 0.414. The molecule has 4 aliphatic rings. The predicted octanol–water partition coefficient (Wildman–Crippen LogP) is 0.179. The summed E-state index contributed by atoms with van der Waals surface area (Å²) in [6.07, 6.45) is 3.47. The SMILES string of the molecule is N#C[C@@H]1C[C@@H]2C[C@@H]2N1C(=O)CN[C@@H]1Cn2nnnc2C2(C1)c1ccc(C(N)=O)cc1CCc1cc(C(N)=O)ccc12. The monoisotopic (exact) mass is 551 g/mol. The second-order valence-corrected chi connectivity index (χ2v) is 11.6. The largest absolute Gasteiger partial charge is 0.366 e. The topological polar surface area (TPSA) is 186 Å². The number of tetrazole rings is 1. The third-order valence-corrected chi connectivity index (χ3v) is 9.31. The van der Waals surface area contributed by atoms with E-state index in [4.69, 9.17) is 11.5 Å². The zero-order valence-corrected chi connectivity index (χ0v) is 22.3. The van der Waals surface area contributed by atoms with Crippen LogP contribution in [0.25, 0.3) is 0 Å². The molecule has 5 N–H and O–H groups in total. The first kappa shape index (κ1) is 25.3. The standard InChI is InChI=1S/C29H29N9O3/c30-12-21-9-19-10-24(19)38(21)25(39)13-33-20-11-29(28-34-35-36-37(28)14-20)22-5-3-17(26(31)40)7-15(22)1-2-16-8-18(27(32)41)4-6-23(16)29/h3-8,19-21,24,33H,1-2,9-11,13-14H2,(H2,31,40)(H2,32,41)/t19-,20+,21+,24+/m1/s1. The van der Waals surface area contributed by atoms with Crippen LogP contribution in [0.3, 0.4) is 0 Å². The molecule has 1 saturated carbocycles. The quantitative estimate of drug-likeness (QED) is 0.401. The van der Waals surface area contributed by atoms with Crippen LogP contribution in [0.5, 0.6) is 0 Å². The molecule has 0 radical (unpaired) electrons. The summed E-state index contributed by atoms with van der Waals surface area (Å²) in [7, 11) is 0. The lowest BCUT2D eigenvalue weighted by molar-refractivity contribution is -0.131. The molecule has 12 heteroatoms. The average Bonchev–Trinajstić information content (AvgIpc) is 3.41. The van der Waals surface area contributed by atoms with Gasteiger partial charge in [-0.3, -0.25) is 14.4 Å². The third-order valence-electron chi connectivity index (χ3n) is 9.31. The Balaban J connectivity index is 1.31. The van der Waals surface area contributed by atoms with Gasteiger partial charge < -0.3 is 21.7 Å². The number of aromatic nitrogens is 4. The minimum absolute atomic E-state index is 0.0722. The van der Waals surface area contributed by atoms with Crippen LogP contribution in [-0.2, 0) is 29.6 Å². The van der Waals surface area contributed by atoms with E-state index in [-0.39, 0.29) is 30.6 Å². The molecular formula is C29H29N9O3. The number of aryl methyl sites for hydroxylation is 2. The van der Waals surface area contributed by atoms with E-state index in [0.717, 1.165) is 35.1 Å². The van der Waals surface area contributed by atoms with Gasteiger partial charge in [0.25, 0.3) is 0 Å². The van der Waals surface area contributed by atoms with Gasteiger partial charge in [0.1, 0.15) is 6.04 Å². The molecule has 2 aliphatic heterocycles. The van der Waals surface area contributed by atoms with Crippen molar-refractivity contribution in [2.45, 2.75) is 62.2 Å². The zero-order chi connectivity index (χ0) is 28.5. The highest BCUT2D eigenvalue weighted by Gasteiger charge is 2.54. The van der Waals surface area contributed by atoms with Crippen molar-refractivity contribution in [3.8, 4) is 6.07 Å². The lowest BCUT2D eigenvalue weighted by Crippen LogP contribution is -2.51. The molecule has 4 atom stereocenters. The van der Waals surface area contributed by atoms with Gasteiger partial charge in [-0.25, -0.2) is 4.68 Å². The van der Waals surface area contributed by atoms with E-state index in [0.29, 0.717) is 48.7 Å². The van der Waals surface area contributed by atoms with E-state index >= 15 is 0 Å². The normalized spacial score (nSPS) is 24.8. The predicted molar refractivity (Wildman–Crippen MR) is 144 cm³/mol. The molecule has 2 fully saturated rings. The van der Waals surface area contributed by atoms with Gasteiger partial charge in [-0.05, 0) is 95.0 Å². The Morgan fingerprint density at radius 2 is 1.68 bits per heavy atom. The van der Waals surface area contributed by atoms with E-state index in [1.54, 1.807) is 21.7 Å². The molecule has 0 bridgehead atoms. The number of carbonyl (C=O) groups excluding carboxylic acids is 3. The van der Waals surface area contributed by atoms with Gasteiger partial charge in [0, 0.05) is 23.2 Å². The first-order valence-electron chi connectivity index (χ1n) is 13.9. The highest BCUT2D eigenvalue weighted by atomic mass is 16.2. The van der Waals surface area contributed by atoms with Crippen LogP contribution in [0.15, 0.2) is 36.4 Å². The highest BCUT2D eigenvalue weighted by molar-refractivity contribution is 5.94. The van der Waals surface area contributed by atoms with Crippen LogP contribution < -0.4 is 16.8 Å². The van der Waals surface area contributed by atoms with Crippen LogP contribution >= 0.6 is 0 Å². The molecule has 3 heterocycles. The highest BCUT2D eigenvalue weighted by Crippen LogP contribution is 2.50. The Kier molecular flexibility index (Phi) is 5.69. The van der Waals surface area contributed by atoms with E-state index < -0.39 is 17.2 Å². The smallest absolute Gasteiger partial charge is 0.248 e. The molecule has 3 aromatic rings. The van der Waals surface area contributed by atoms with Gasteiger partial charge in [-0.15, -0.1) is 5.10 Å². The lowest BCUT2D eigenvalue weighted by atomic mass is 9.66. The molecule has 0 unspecified atom stereocenters. The summed E-state index contributed by atoms with van der Waals surface area (Å²) in [6.45, 7) is 0.551. The average molecular weight is 552 g/mol. The number of primary amides is 2. The molecule has 2 aromatic carbocycles. The second kappa shape index (κ2) is 9.21. The van der Waals surface area contributed by atoms with Crippen molar-refractivity contribution in [3.63, 3.8) is 0 Å². The minimum Gasteiger partial charge on any atom is -0.366 e. The Hall–Kier alpha value is -4.63. The summed E-state index contributed by atoms with van der Waals surface area (Å²) < 4.78 is 1.76. The number of likely N-dealkylation sites (tertiary alicyclic amines) is 1. The molecule has 208 valence electrons. The van der Waals surface area contributed by atoms with E-state index in [2.05, 4.69) is 26.9 Å². The van der Waals surface area contributed by atoms with Gasteiger partial charge in [0.05, 0.1) is 24.6 Å². The van der Waals surface area contributed by atoms with Gasteiger partial charge >= 0.3 is 0 Å². The summed E-state index contributed by atoms with van der Waals surface area (Å²) in [5.41, 5.74) is 15.0. The number of nitriles is 1. The summed E-state index contributed by atoms with van der Waals surface area (Å²) >= 11 is 0. The molecule has 12 nitrogen and oxygen atoms in total. The molecule has 1 spiro atoms. The zero-order valence-electron chi connectivity index (χ0n) is 22.3. The summed E-state index contributed by atoms with van der Waals surface area (Å²) in [4.78, 5) is 39.2. The van der Waals surface area contributed by atoms with Crippen LogP contribution in [0.4, 0.5) is 0 Å². The van der Waals surface area contributed by atoms with Crippen molar-refractivity contribution in [1.82, 2.24) is 30.4 Å². The maximum atomic E-state index is 13.3. The molecule has 3 amide bonds. The number of piperidine rings is 1. The number of nitrogens with two attached hydrogens (primary N) is 2. The van der Waals surface area contributed by atoms with Gasteiger partial charge in [-0.2, -0.15) is 5.26 Å². The molecule has 1 saturated heterocycles. The van der Waals surface area contributed by atoms with Crippen molar-refractivity contribution in [2.24, 2.45) is 17.4 Å². The Bertz CT molecular complexity index is 1590. The number of rotatable bonds is 5. The van der Waals surface area contributed by atoms with Crippen LogP contribution in [0.2, 0.25) is 0 Å². The van der Waals surface area contributed by atoms with Gasteiger partial charge in [0.2, 0.25) is 17.7 Å². The number of amides is 3. The number of hydrogen-bond acceptors (Lipinski definition) is 8. The fourth-order valence-corrected chi connectivity index (χ4v) is 7.37. The Morgan fingerprint density at radius 1 is 1.02 bits per heavy atom. The number of carbonyl (C=O) groups is 3. The van der Waals surface area contributed by atoms with Gasteiger partial charge in [0.15, 0.2) is 5.82 Å². The van der Waals surface area contributed by atoms with Crippen LogP contribution in [-0.4, -0.2) is 67.5 Å². The summed E-state index contributed by atoms with van der Waals surface area (Å²) in [5, 5.41) is 25.9. The summed E-state index contributed by atoms with van der Waals surface area (Å²) in [5.74, 6) is -0.00461. The number of nitrogens with zero attached hydrogens (tertiary/aromatic N) is 6. The summed E-state index contributed by atoms with van der Waals surface area (Å²) in [6, 6.07) is 12.9.